The number of benzene rings is 2. The fraction of sp³-hybridized carbons (Fsp3) is 0.333. The number of rotatable bonds is 6. The number of esters is 1. The predicted molar refractivity (Wildman–Crippen MR) is 100 cm³/mol. The second-order valence-electron chi connectivity index (χ2n) is 6.91. The Hall–Kier alpha value is -2.82. The Morgan fingerprint density at radius 1 is 0.962 bits per heavy atom. The first-order valence-corrected chi connectivity index (χ1v) is 8.47. The van der Waals surface area contributed by atoms with E-state index < -0.39 is 11.5 Å². The molecule has 1 amide bonds. The lowest BCUT2D eigenvalue weighted by Crippen LogP contribution is -2.46. The van der Waals surface area contributed by atoms with E-state index in [1.807, 2.05) is 51.1 Å². The molecule has 5 nitrogen and oxygen atoms in total. The third-order valence-corrected chi connectivity index (χ3v) is 3.95. The minimum absolute atomic E-state index is 0.246. The summed E-state index contributed by atoms with van der Waals surface area (Å²) in [5.74, 6) is -0.407. The first kappa shape index (κ1) is 19.5. The van der Waals surface area contributed by atoms with Crippen LogP contribution in [0.15, 0.2) is 54.6 Å². The lowest BCUT2D eigenvalue weighted by Gasteiger charge is -2.35. The molecule has 0 aliphatic rings. The highest BCUT2D eigenvalue weighted by Crippen LogP contribution is 2.20. The van der Waals surface area contributed by atoms with Gasteiger partial charge in [0.1, 0.15) is 11.3 Å². The van der Waals surface area contributed by atoms with E-state index in [-0.39, 0.29) is 12.5 Å². The molecule has 0 N–H and O–H groups in total. The standard InChI is InChI=1S/C21H25NO4/c1-21(2,3)22(14-16-10-6-5-7-11-16)19(23)15-26-20(24)17-12-8-9-13-18(17)25-4/h5-13H,14-15H2,1-4H3. The number of carbonyl (C=O) groups is 2. The van der Waals surface area contributed by atoms with Crippen molar-refractivity contribution < 1.29 is 19.1 Å². The maximum Gasteiger partial charge on any atom is 0.342 e. The SMILES string of the molecule is COc1ccccc1C(=O)OCC(=O)N(Cc1ccccc1)C(C)(C)C. The zero-order chi connectivity index (χ0) is 19.2. The average molecular weight is 355 g/mol. The van der Waals surface area contributed by atoms with E-state index in [2.05, 4.69) is 0 Å². The van der Waals surface area contributed by atoms with Crippen molar-refractivity contribution in [3.8, 4) is 5.75 Å². The fourth-order valence-electron chi connectivity index (χ4n) is 2.56. The zero-order valence-corrected chi connectivity index (χ0v) is 15.7. The molecule has 0 bridgehead atoms. The van der Waals surface area contributed by atoms with Gasteiger partial charge in [0, 0.05) is 12.1 Å². The van der Waals surface area contributed by atoms with E-state index in [0.717, 1.165) is 5.56 Å². The first-order valence-electron chi connectivity index (χ1n) is 8.47. The molecule has 26 heavy (non-hydrogen) atoms. The quantitative estimate of drug-likeness (QED) is 0.742. The summed E-state index contributed by atoms with van der Waals surface area (Å²) >= 11 is 0. The van der Waals surface area contributed by atoms with E-state index in [0.29, 0.717) is 17.9 Å². The van der Waals surface area contributed by atoms with Crippen LogP contribution in [-0.2, 0) is 16.1 Å². The van der Waals surface area contributed by atoms with Crippen LogP contribution >= 0.6 is 0 Å². The van der Waals surface area contributed by atoms with Crippen LogP contribution < -0.4 is 4.74 Å². The molecule has 2 aromatic rings. The number of amides is 1. The summed E-state index contributed by atoms with van der Waals surface area (Å²) in [6.45, 7) is 6.00. The van der Waals surface area contributed by atoms with Crippen molar-refractivity contribution in [2.24, 2.45) is 0 Å². The molecule has 0 aliphatic heterocycles. The van der Waals surface area contributed by atoms with Crippen LogP contribution in [0.5, 0.6) is 5.75 Å². The van der Waals surface area contributed by atoms with Gasteiger partial charge in [0.25, 0.3) is 5.91 Å². The molecular weight excluding hydrogens is 330 g/mol. The van der Waals surface area contributed by atoms with Crippen molar-refractivity contribution in [1.29, 1.82) is 0 Å². The van der Waals surface area contributed by atoms with Crippen molar-refractivity contribution in [3.63, 3.8) is 0 Å². The molecule has 138 valence electrons. The van der Waals surface area contributed by atoms with Crippen molar-refractivity contribution in [2.45, 2.75) is 32.9 Å². The van der Waals surface area contributed by atoms with Gasteiger partial charge in [0.15, 0.2) is 6.61 Å². The summed E-state index contributed by atoms with van der Waals surface area (Å²) in [6.07, 6.45) is 0. The van der Waals surface area contributed by atoms with Crippen molar-refractivity contribution in [3.05, 3.63) is 65.7 Å². The van der Waals surface area contributed by atoms with Crippen LogP contribution in [-0.4, -0.2) is 36.0 Å². The smallest absolute Gasteiger partial charge is 0.342 e. The maximum absolute atomic E-state index is 12.7. The molecule has 2 rings (SSSR count). The number of ether oxygens (including phenoxy) is 2. The molecular formula is C21H25NO4. The van der Waals surface area contributed by atoms with Crippen LogP contribution in [0.1, 0.15) is 36.7 Å². The molecule has 5 heteroatoms. The summed E-state index contributed by atoms with van der Waals surface area (Å²) in [6, 6.07) is 16.5. The Labute approximate surface area is 154 Å². The van der Waals surface area contributed by atoms with Crippen molar-refractivity contribution in [2.75, 3.05) is 13.7 Å². The van der Waals surface area contributed by atoms with Crippen LogP contribution in [0, 0.1) is 0 Å². The molecule has 0 aromatic heterocycles. The van der Waals surface area contributed by atoms with E-state index >= 15 is 0 Å². The number of nitrogens with zero attached hydrogens (tertiary/aromatic N) is 1. The second-order valence-corrected chi connectivity index (χ2v) is 6.91. The van der Waals surface area contributed by atoms with E-state index in [1.54, 1.807) is 29.2 Å². The summed E-state index contributed by atoms with van der Waals surface area (Å²) < 4.78 is 10.4. The Morgan fingerprint density at radius 2 is 1.58 bits per heavy atom. The molecule has 2 aromatic carbocycles. The fourth-order valence-corrected chi connectivity index (χ4v) is 2.56. The van der Waals surface area contributed by atoms with E-state index in [9.17, 15) is 9.59 Å². The topological polar surface area (TPSA) is 55.8 Å². The summed E-state index contributed by atoms with van der Waals surface area (Å²) in [5.41, 5.74) is 0.920. The predicted octanol–water partition coefficient (Wildman–Crippen LogP) is 3.68. The average Bonchev–Trinajstić information content (AvgIpc) is 2.63. The Kier molecular flexibility index (Phi) is 6.39. The Morgan fingerprint density at radius 3 is 2.19 bits per heavy atom. The van der Waals surface area contributed by atoms with E-state index in [4.69, 9.17) is 9.47 Å². The van der Waals surface area contributed by atoms with Crippen LogP contribution in [0.2, 0.25) is 0 Å². The lowest BCUT2D eigenvalue weighted by molar-refractivity contribution is -0.140. The highest BCUT2D eigenvalue weighted by atomic mass is 16.5. The number of methoxy groups -OCH3 is 1. The molecule has 0 unspecified atom stereocenters. The molecule has 0 saturated carbocycles. The molecule has 0 fully saturated rings. The second kappa shape index (κ2) is 8.52. The molecule has 0 saturated heterocycles. The minimum atomic E-state index is -0.579. The summed E-state index contributed by atoms with van der Waals surface area (Å²) in [5, 5.41) is 0. The van der Waals surface area contributed by atoms with Gasteiger partial charge in [0.05, 0.1) is 7.11 Å². The third kappa shape index (κ3) is 5.09. The Balaban J connectivity index is 2.06. The van der Waals surface area contributed by atoms with Gasteiger partial charge in [-0.25, -0.2) is 4.79 Å². The van der Waals surface area contributed by atoms with Gasteiger partial charge in [-0.15, -0.1) is 0 Å². The van der Waals surface area contributed by atoms with Crippen molar-refractivity contribution >= 4 is 11.9 Å². The van der Waals surface area contributed by atoms with Crippen LogP contribution in [0.25, 0.3) is 0 Å². The van der Waals surface area contributed by atoms with Crippen LogP contribution in [0.3, 0.4) is 0 Å². The molecule has 0 spiro atoms. The molecule has 0 heterocycles. The lowest BCUT2D eigenvalue weighted by atomic mass is 10.0. The van der Waals surface area contributed by atoms with Gasteiger partial charge < -0.3 is 14.4 Å². The molecule has 0 radical (unpaired) electrons. The van der Waals surface area contributed by atoms with Gasteiger partial charge in [-0.3, -0.25) is 4.79 Å². The van der Waals surface area contributed by atoms with E-state index in [1.165, 1.54) is 7.11 Å². The molecule has 0 atom stereocenters. The number of carbonyl (C=O) groups excluding carboxylic acids is 2. The highest BCUT2D eigenvalue weighted by Gasteiger charge is 2.27. The summed E-state index contributed by atoms with van der Waals surface area (Å²) in [7, 11) is 1.48. The largest absolute Gasteiger partial charge is 0.496 e. The van der Waals surface area contributed by atoms with Gasteiger partial charge in [0.2, 0.25) is 0 Å². The number of hydrogen-bond acceptors (Lipinski definition) is 4. The minimum Gasteiger partial charge on any atom is -0.496 e. The maximum atomic E-state index is 12.7. The summed E-state index contributed by atoms with van der Waals surface area (Å²) in [4.78, 5) is 26.7. The van der Waals surface area contributed by atoms with Gasteiger partial charge in [-0.2, -0.15) is 0 Å². The van der Waals surface area contributed by atoms with Gasteiger partial charge in [-0.1, -0.05) is 42.5 Å². The normalized spacial score (nSPS) is 10.9. The van der Waals surface area contributed by atoms with Crippen molar-refractivity contribution in [1.82, 2.24) is 4.90 Å². The third-order valence-electron chi connectivity index (χ3n) is 3.95. The first-order chi connectivity index (χ1) is 12.3. The zero-order valence-electron chi connectivity index (χ0n) is 15.7. The number of hydrogen-bond donors (Lipinski definition) is 0. The van der Waals surface area contributed by atoms with Crippen LogP contribution in [0.4, 0.5) is 0 Å². The molecule has 0 aliphatic carbocycles. The van der Waals surface area contributed by atoms with Gasteiger partial charge >= 0.3 is 5.97 Å². The number of para-hydroxylation sites is 1. The Bertz CT molecular complexity index is 750. The highest BCUT2D eigenvalue weighted by molar-refractivity contribution is 5.94. The monoisotopic (exact) mass is 355 g/mol. The van der Waals surface area contributed by atoms with Gasteiger partial charge in [-0.05, 0) is 38.5 Å².